The van der Waals surface area contributed by atoms with Crippen molar-refractivity contribution in [1.29, 1.82) is 0 Å². The quantitative estimate of drug-likeness (QED) is 0.250. The first-order valence-corrected chi connectivity index (χ1v) is 13.4. The number of anilines is 1. The molecule has 0 aliphatic carbocycles. The van der Waals surface area contributed by atoms with E-state index in [9.17, 15) is 18.0 Å². The fourth-order valence-corrected chi connectivity index (χ4v) is 4.96. The number of fused-ring (bicyclic) bond motifs is 3. The fourth-order valence-electron chi connectivity index (χ4n) is 3.97. The largest absolute Gasteiger partial charge is 0.495 e. The fraction of sp³-hybridized carbons (Fsp3) is 0.143. The van der Waals surface area contributed by atoms with Gasteiger partial charge in [-0.05, 0) is 55.5 Å². The van der Waals surface area contributed by atoms with Crippen LogP contribution in [0.2, 0.25) is 0 Å². The Morgan fingerprint density at radius 2 is 1.72 bits per heavy atom. The Morgan fingerprint density at radius 3 is 2.44 bits per heavy atom. The van der Waals surface area contributed by atoms with Crippen LogP contribution in [0.15, 0.2) is 92.8 Å². The molecule has 0 aliphatic heterocycles. The van der Waals surface area contributed by atoms with Gasteiger partial charge in [-0.1, -0.05) is 18.2 Å². The van der Waals surface area contributed by atoms with Crippen molar-refractivity contribution in [2.45, 2.75) is 24.5 Å². The van der Waals surface area contributed by atoms with E-state index in [1.807, 2.05) is 24.3 Å². The molecule has 0 saturated heterocycles. The summed E-state index contributed by atoms with van der Waals surface area (Å²) in [5, 5.41) is 4.46. The molecule has 0 radical (unpaired) electrons. The maximum absolute atomic E-state index is 12.8. The van der Waals surface area contributed by atoms with E-state index in [0.29, 0.717) is 28.4 Å². The molecule has 39 heavy (non-hydrogen) atoms. The molecule has 0 aliphatic rings. The van der Waals surface area contributed by atoms with Crippen LogP contribution in [0.4, 0.5) is 5.69 Å². The van der Waals surface area contributed by atoms with Crippen LogP contribution >= 0.6 is 0 Å². The molecule has 0 bridgehead atoms. The van der Waals surface area contributed by atoms with Crippen LogP contribution in [0.5, 0.6) is 5.75 Å². The first-order valence-electron chi connectivity index (χ1n) is 11.9. The summed E-state index contributed by atoms with van der Waals surface area (Å²) in [6.45, 7) is 1.41. The Hall–Kier alpha value is -4.61. The zero-order valence-corrected chi connectivity index (χ0v) is 21.8. The predicted octanol–water partition coefficient (Wildman–Crippen LogP) is 4.85. The number of rotatable bonds is 9. The summed E-state index contributed by atoms with van der Waals surface area (Å²) in [5.41, 5.74) is 1.70. The summed E-state index contributed by atoms with van der Waals surface area (Å²) >= 11 is 0. The van der Waals surface area contributed by atoms with Crippen molar-refractivity contribution in [3.8, 4) is 5.75 Å². The first kappa shape index (κ1) is 26.0. The molecular formula is C28H24N2O8S. The highest BCUT2D eigenvalue weighted by Gasteiger charge is 2.22. The molecule has 200 valence electrons. The molecule has 2 heterocycles. The molecule has 1 atom stereocenters. The van der Waals surface area contributed by atoms with Gasteiger partial charge in [0, 0.05) is 16.8 Å². The van der Waals surface area contributed by atoms with Gasteiger partial charge in [-0.25, -0.2) is 17.9 Å². The van der Waals surface area contributed by atoms with Crippen LogP contribution in [0.25, 0.3) is 21.9 Å². The number of furan rings is 2. The summed E-state index contributed by atoms with van der Waals surface area (Å²) in [5.74, 6) is -0.497. The van der Waals surface area contributed by atoms with Gasteiger partial charge in [-0.3, -0.25) is 4.79 Å². The van der Waals surface area contributed by atoms with Crippen molar-refractivity contribution >= 4 is 49.5 Å². The van der Waals surface area contributed by atoms with Crippen molar-refractivity contribution < 1.29 is 36.3 Å². The molecule has 5 aromatic rings. The summed E-state index contributed by atoms with van der Waals surface area (Å²) in [4.78, 5) is 25.4. The minimum Gasteiger partial charge on any atom is -0.495 e. The number of para-hydroxylation sites is 1. The Morgan fingerprint density at radius 1 is 0.949 bits per heavy atom. The lowest BCUT2D eigenvalue weighted by Gasteiger charge is -2.15. The van der Waals surface area contributed by atoms with E-state index in [1.54, 1.807) is 24.3 Å². The number of methoxy groups -OCH3 is 1. The van der Waals surface area contributed by atoms with Crippen molar-refractivity contribution in [1.82, 2.24) is 4.72 Å². The third-order valence-corrected chi connectivity index (χ3v) is 7.44. The van der Waals surface area contributed by atoms with Crippen LogP contribution < -0.4 is 14.8 Å². The van der Waals surface area contributed by atoms with Crippen LogP contribution in [0.3, 0.4) is 0 Å². The minimum atomic E-state index is -3.83. The van der Waals surface area contributed by atoms with E-state index >= 15 is 0 Å². The average molecular weight is 549 g/mol. The molecule has 0 fully saturated rings. The monoisotopic (exact) mass is 548 g/mol. The van der Waals surface area contributed by atoms with E-state index < -0.39 is 28.0 Å². The topological polar surface area (TPSA) is 137 Å². The summed E-state index contributed by atoms with van der Waals surface area (Å²) in [6.07, 6.45) is 0.285. The number of hydrogen-bond acceptors (Lipinski definition) is 8. The maximum Gasteiger partial charge on any atom is 0.338 e. The van der Waals surface area contributed by atoms with Gasteiger partial charge in [-0.15, -0.1) is 0 Å². The second-order valence-corrected chi connectivity index (χ2v) is 10.4. The highest BCUT2D eigenvalue weighted by Crippen LogP contribution is 2.36. The molecule has 3 aromatic carbocycles. The molecule has 2 N–H and O–H groups in total. The molecule has 1 amide bonds. The SMILES string of the molecule is COc1cc2c(cc1NC(=O)C(C)OC(=O)c1ccc(S(=O)(=O)NCc3ccco3)cc1)oc1ccccc12. The highest BCUT2D eigenvalue weighted by molar-refractivity contribution is 7.89. The smallest absolute Gasteiger partial charge is 0.338 e. The van der Waals surface area contributed by atoms with Gasteiger partial charge < -0.3 is 23.6 Å². The highest BCUT2D eigenvalue weighted by atomic mass is 32.2. The molecule has 5 rings (SSSR count). The van der Waals surface area contributed by atoms with Crippen LogP contribution in [-0.4, -0.2) is 33.5 Å². The first-order chi connectivity index (χ1) is 18.7. The number of nitrogens with one attached hydrogen (secondary N) is 2. The second-order valence-electron chi connectivity index (χ2n) is 8.61. The number of sulfonamides is 1. The second kappa shape index (κ2) is 10.6. The Kier molecular flexibility index (Phi) is 7.09. The van der Waals surface area contributed by atoms with Gasteiger partial charge in [0.1, 0.15) is 22.7 Å². The number of esters is 1. The average Bonchev–Trinajstić information content (AvgIpc) is 3.59. The lowest BCUT2D eigenvalue weighted by atomic mass is 10.1. The summed E-state index contributed by atoms with van der Waals surface area (Å²) < 4.78 is 49.2. The number of amides is 1. The minimum absolute atomic E-state index is 0.0141. The molecule has 11 heteroatoms. The van der Waals surface area contributed by atoms with Gasteiger partial charge in [-0.2, -0.15) is 0 Å². The van der Waals surface area contributed by atoms with Gasteiger partial charge in [0.15, 0.2) is 6.10 Å². The standard InChI is InChI=1S/C28H24N2O8S/c1-17(27(31)30-23-15-25-22(14-26(23)35-2)21-7-3-4-8-24(21)38-25)37-28(32)18-9-11-20(12-10-18)39(33,34)29-16-19-6-5-13-36-19/h3-15,17,29H,16H2,1-2H3,(H,30,31). The maximum atomic E-state index is 12.8. The van der Waals surface area contributed by atoms with E-state index in [2.05, 4.69) is 10.0 Å². The van der Waals surface area contributed by atoms with Crippen molar-refractivity contribution in [2.24, 2.45) is 0 Å². The molecule has 2 aromatic heterocycles. The lowest BCUT2D eigenvalue weighted by molar-refractivity contribution is -0.123. The van der Waals surface area contributed by atoms with Gasteiger partial charge in [0.05, 0.1) is 36.1 Å². The van der Waals surface area contributed by atoms with Gasteiger partial charge in [0.25, 0.3) is 5.91 Å². The van der Waals surface area contributed by atoms with E-state index in [4.69, 9.17) is 18.3 Å². The van der Waals surface area contributed by atoms with Crippen molar-refractivity contribution in [2.75, 3.05) is 12.4 Å². The molecule has 10 nitrogen and oxygen atoms in total. The molecule has 1 unspecified atom stereocenters. The number of carbonyl (C=O) groups excluding carboxylic acids is 2. The van der Waals surface area contributed by atoms with Crippen molar-refractivity contribution in [3.63, 3.8) is 0 Å². The third kappa shape index (κ3) is 5.49. The zero-order chi connectivity index (χ0) is 27.6. The lowest BCUT2D eigenvalue weighted by Crippen LogP contribution is -2.30. The van der Waals surface area contributed by atoms with E-state index in [0.717, 1.165) is 10.8 Å². The number of carbonyl (C=O) groups is 2. The number of benzene rings is 3. The summed E-state index contributed by atoms with van der Waals surface area (Å²) in [7, 11) is -2.34. The van der Waals surface area contributed by atoms with E-state index in [1.165, 1.54) is 44.6 Å². The van der Waals surface area contributed by atoms with Crippen LogP contribution in [0.1, 0.15) is 23.0 Å². The number of hydrogen-bond donors (Lipinski definition) is 2. The van der Waals surface area contributed by atoms with Crippen LogP contribution in [-0.2, 0) is 26.1 Å². The molecule has 0 spiro atoms. The normalized spacial score (nSPS) is 12.4. The Balaban J connectivity index is 1.24. The molecular weight excluding hydrogens is 524 g/mol. The third-order valence-electron chi connectivity index (χ3n) is 6.03. The summed E-state index contributed by atoms with van der Waals surface area (Å²) in [6, 6.07) is 19.5. The zero-order valence-electron chi connectivity index (χ0n) is 21.0. The van der Waals surface area contributed by atoms with Crippen molar-refractivity contribution in [3.05, 3.63) is 90.4 Å². The molecule has 0 saturated carbocycles. The van der Waals surface area contributed by atoms with Crippen LogP contribution in [0, 0.1) is 0 Å². The van der Waals surface area contributed by atoms with E-state index in [-0.39, 0.29) is 17.0 Å². The van der Waals surface area contributed by atoms with Gasteiger partial charge >= 0.3 is 5.97 Å². The number of ether oxygens (including phenoxy) is 2. The van der Waals surface area contributed by atoms with Gasteiger partial charge in [0.2, 0.25) is 10.0 Å². The predicted molar refractivity (Wildman–Crippen MR) is 143 cm³/mol. The Labute approximate surface area is 223 Å². The Bertz CT molecular complexity index is 1760.